The number of rotatable bonds is 4. The Bertz CT molecular complexity index is 436. The van der Waals surface area contributed by atoms with E-state index >= 15 is 0 Å². The van der Waals surface area contributed by atoms with Crippen molar-refractivity contribution in [1.82, 2.24) is 10.2 Å². The van der Waals surface area contributed by atoms with Crippen molar-refractivity contribution >= 4 is 17.5 Å². The third-order valence-corrected chi connectivity index (χ3v) is 4.31. The van der Waals surface area contributed by atoms with E-state index in [4.69, 9.17) is 16.0 Å². The van der Waals surface area contributed by atoms with Crippen LogP contribution in [0.25, 0.3) is 0 Å². The van der Waals surface area contributed by atoms with Crippen LogP contribution in [0.4, 0.5) is 0 Å². The molecule has 0 bridgehead atoms. The molecule has 0 aromatic carbocycles. The fourth-order valence-electron chi connectivity index (χ4n) is 2.76. The molecule has 0 radical (unpaired) electrons. The lowest BCUT2D eigenvalue weighted by Gasteiger charge is -2.43. The van der Waals surface area contributed by atoms with Crippen molar-refractivity contribution in [3.8, 4) is 0 Å². The zero-order chi connectivity index (χ0) is 13.9. The highest BCUT2D eigenvalue weighted by atomic mass is 35.5. The van der Waals surface area contributed by atoms with E-state index in [1.807, 2.05) is 0 Å². The molecule has 1 aromatic rings. The van der Waals surface area contributed by atoms with Gasteiger partial charge in [-0.25, -0.2) is 0 Å². The third kappa shape index (κ3) is 3.31. The van der Waals surface area contributed by atoms with Gasteiger partial charge in [-0.3, -0.25) is 4.79 Å². The Balaban J connectivity index is 1.97. The van der Waals surface area contributed by atoms with Crippen molar-refractivity contribution in [1.29, 1.82) is 0 Å². The van der Waals surface area contributed by atoms with Gasteiger partial charge in [0, 0.05) is 12.1 Å². The topological polar surface area (TPSA) is 45.5 Å². The minimum Gasteiger partial charge on any atom is -0.440 e. The lowest BCUT2D eigenvalue weighted by molar-refractivity contribution is 0.0780. The summed E-state index contributed by atoms with van der Waals surface area (Å²) in [6, 6.07) is 3.18. The minimum absolute atomic E-state index is 0.0737. The van der Waals surface area contributed by atoms with Crippen LogP contribution in [0.1, 0.15) is 42.7 Å². The molecule has 1 aliphatic carbocycles. The summed E-state index contributed by atoms with van der Waals surface area (Å²) in [5, 5.41) is 3.21. The molecule has 0 unspecified atom stereocenters. The van der Waals surface area contributed by atoms with Crippen LogP contribution in [0.2, 0.25) is 5.22 Å². The first-order valence-electron chi connectivity index (χ1n) is 6.74. The fourth-order valence-corrected chi connectivity index (χ4v) is 2.91. The average Bonchev–Trinajstić information content (AvgIpc) is 2.83. The molecule has 1 heterocycles. The smallest absolute Gasteiger partial charge is 0.287 e. The first kappa shape index (κ1) is 14.4. The number of carbonyl (C=O) groups is 1. The van der Waals surface area contributed by atoms with Gasteiger partial charge in [0.05, 0.1) is 0 Å². The van der Waals surface area contributed by atoms with Crippen molar-refractivity contribution in [3.05, 3.63) is 23.1 Å². The highest BCUT2D eigenvalue weighted by Gasteiger charge is 2.34. The van der Waals surface area contributed by atoms with Crippen LogP contribution < -0.4 is 5.32 Å². The molecule has 1 aliphatic rings. The Kier molecular flexibility index (Phi) is 4.53. The normalized spacial score (nSPS) is 18.5. The summed E-state index contributed by atoms with van der Waals surface area (Å²) in [6.45, 7) is 0.650. The van der Waals surface area contributed by atoms with Gasteiger partial charge < -0.3 is 14.6 Å². The van der Waals surface area contributed by atoms with E-state index in [1.54, 1.807) is 12.1 Å². The molecule has 1 amide bonds. The standard InChI is InChI=1S/C14H21ClN2O2/c1-17(2)14(8-4-3-5-9-14)10-16-13(18)11-6-7-12(15)19-11/h6-7H,3-5,8-10H2,1-2H3,(H,16,18). The second-order valence-electron chi connectivity index (χ2n) is 5.47. The van der Waals surface area contributed by atoms with Gasteiger partial charge in [-0.1, -0.05) is 19.3 Å². The molecule has 1 N–H and O–H groups in total. The monoisotopic (exact) mass is 284 g/mol. The number of likely N-dealkylation sites (N-methyl/N-ethyl adjacent to an activating group) is 1. The summed E-state index contributed by atoms with van der Waals surface area (Å²) in [7, 11) is 4.17. The largest absolute Gasteiger partial charge is 0.440 e. The third-order valence-electron chi connectivity index (χ3n) is 4.11. The Hall–Kier alpha value is -1.00. The predicted octanol–water partition coefficient (Wildman–Crippen LogP) is 2.93. The first-order valence-corrected chi connectivity index (χ1v) is 7.12. The maximum Gasteiger partial charge on any atom is 0.287 e. The van der Waals surface area contributed by atoms with Crippen LogP contribution in [0.15, 0.2) is 16.5 Å². The van der Waals surface area contributed by atoms with Crippen molar-refractivity contribution < 1.29 is 9.21 Å². The van der Waals surface area contributed by atoms with Crippen molar-refractivity contribution in [3.63, 3.8) is 0 Å². The SMILES string of the molecule is CN(C)C1(CNC(=O)c2ccc(Cl)o2)CCCCC1. The summed E-state index contributed by atoms with van der Waals surface area (Å²) in [6.07, 6.45) is 5.98. The minimum atomic E-state index is -0.196. The number of nitrogens with zero attached hydrogens (tertiary/aromatic N) is 1. The van der Waals surface area contributed by atoms with Gasteiger partial charge in [0.1, 0.15) is 0 Å². The molecule has 0 spiro atoms. The fraction of sp³-hybridized carbons (Fsp3) is 0.643. The molecule has 0 atom stereocenters. The van der Waals surface area contributed by atoms with E-state index in [9.17, 15) is 4.79 Å². The molecule has 0 saturated heterocycles. The van der Waals surface area contributed by atoms with Crippen LogP contribution >= 0.6 is 11.6 Å². The summed E-state index contributed by atoms with van der Waals surface area (Å²) in [5.74, 6) is 0.0772. The quantitative estimate of drug-likeness (QED) is 0.925. The molecule has 2 rings (SSSR count). The van der Waals surface area contributed by atoms with E-state index in [2.05, 4.69) is 24.3 Å². The average molecular weight is 285 g/mol. The highest BCUT2D eigenvalue weighted by molar-refractivity contribution is 6.29. The summed E-state index contributed by atoms with van der Waals surface area (Å²) in [4.78, 5) is 14.2. The maximum atomic E-state index is 12.0. The zero-order valence-corrected chi connectivity index (χ0v) is 12.3. The van der Waals surface area contributed by atoms with Crippen molar-refractivity contribution in [2.45, 2.75) is 37.6 Å². The number of halogens is 1. The van der Waals surface area contributed by atoms with E-state index in [-0.39, 0.29) is 22.4 Å². The number of hydrogen-bond acceptors (Lipinski definition) is 3. The molecule has 1 saturated carbocycles. The van der Waals surface area contributed by atoms with E-state index in [1.165, 1.54) is 19.3 Å². The lowest BCUT2D eigenvalue weighted by Crippen LogP contribution is -2.53. The van der Waals surface area contributed by atoms with Crippen molar-refractivity contribution in [2.75, 3.05) is 20.6 Å². The van der Waals surface area contributed by atoms with Crippen LogP contribution in [-0.2, 0) is 0 Å². The lowest BCUT2D eigenvalue weighted by atomic mass is 9.80. The molecule has 1 aromatic heterocycles. The van der Waals surface area contributed by atoms with Gasteiger partial charge in [-0.05, 0) is 50.7 Å². The number of carbonyl (C=O) groups excluding carboxylic acids is 1. The maximum absolute atomic E-state index is 12.0. The zero-order valence-electron chi connectivity index (χ0n) is 11.5. The predicted molar refractivity (Wildman–Crippen MR) is 75.6 cm³/mol. The second-order valence-corrected chi connectivity index (χ2v) is 5.84. The number of hydrogen-bond donors (Lipinski definition) is 1. The van der Waals surface area contributed by atoms with E-state index in [0.29, 0.717) is 6.54 Å². The first-order chi connectivity index (χ1) is 9.03. The number of furan rings is 1. The van der Waals surface area contributed by atoms with Gasteiger partial charge in [0.2, 0.25) is 0 Å². The van der Waals surface area contributed by atoms with Gasteiger partial charge >= 0.3 is 0 Å². The summed E-state index contributed by atoms with van der Waals surface area (Å²) in [5.41, 5.74) is 0.0737. The molecule has 19 heavy (non-hydrogen) atoms. The molecule has 4 nitrogen and oxygen atoms in total. The molecule has 5 heteroatoms. The number of nitrogens with one attached hydrogen (secondary N) is 1. The van der Waals surface area contributed by atoms with Gasteiger partial charge in [0.15, 0.2) is 11.0 Å². The van der Waals surface area contributed by atoms with Crippen LogP contribution in [0.5, 0.6) is 0 Å². The summed E-state index contributed by atoms with van der Waals surface area (Å²) >= 11 is 5.68. The van der Waals surface area contributed by atoms with Crippen LogP contribution in [-0.4, -0.2) is 37.0 Å². The Labute approximate surface area is 119 Å². The van der Waals surface area contributed by atoms with E-state index < -0.39 is 0 Å². The summed E-state index contributed by atoms with van der Waals surface area (Å²) < 4.78 is 5.12. The van der Waals surface area contributed by atoms with Crippen molar-refractivity contribution in [2.24, 2.45) is 0 Å². The van der Waals surface area contributed by atoms with Crippen LogP contribution in [0, 0.1) is 0 Å². The van der Waals surface area contributed by atoms with Crippen LogP contribution in [0.3, 0.4) is 0 Å². The highest BCUT2D eigenvalue weighted by Crippen LogP contribution is 2.31. The molecular weight excluding hydrogens is 264 g/mol. The second kappa shape index (κ2) is 5.97. The molecule has 1 fully saturated rings. The van der Waals surface area contributed by atoms with Gasteiger partial charge in [-0.2, -0.15) is 0 Å². The molecule has 0 aliphatic heterocycles. The Morgan fingerprint density at radius 2 is 2.05 bits per heavy atom. The van der Waals surface area contributed by atoms with Gasteiger partial charge in [-0.15, -0.1) is 0 Å². The number of amides is 1. The molecule has 106 valence electrons. The molecular formula is C14H21ClN2O2. The van der Waals surface area contributed by atoms with Gasteiger partial charge in [0.25, 0.3) is 5.91 Å². The Morgan fingerprint density at radius 3 is 2.58 bits per heavy atom. The van der Waals surface area contributed by atoms with E-state index in [0.717, 1.165) is 12.8 Å². The Morgan fingerprint density at radius 1 is 1.37 bits per heavy atom.